The number of hydrogen-bond donors (Lipinski definition) is 2. The smallest absolute Gasteiger partial charge is 0.0897 e. The molecule has 0 aromatic heterocycles. The molecule has 0 bridgehead atoms. The first-order chi connectivity index (χ1) is 9.61. The third-order valence-corrected chi connectivity index (χ3v) is 3.31. The van der Waals surface area contributed by atoms with Gasteiger partial charge in [-0.2, -0.15) is 0 Å². The van der Waals surface area contributed by atoms with Crippen LogP contribution in [-0.2, 0) is 14.2 Å². The van der Waals surface area contributed by atoms with Gasteiger partial charge in [-0.3, -0.25) is 4.90 Å². The summed E-state index contributed by atoms with van der Waals surface area (Å²) >= 11 is 0. The highest BCUT2D eigenvalue weighted by atomic mass is 16.5. The van der Waals surface area contributed by atoms with Crippen molar-refractivity contribution in [2.75, 3.05) is 59.7 Å². The molecule has 1 rings (SSSR count). The van der Waals surface area contributed by atoms with Crippen LogP contribution in [0.4, 0.5) is 0 Å². The minimum absolute atomic E-state index is 0.0143. The average molecular weight is 290 g/mol. The van der Waals surface area contributed by atoms with Gasteiger partial charge in [0.05, 0.1) is 38.6 Å². The van der Waals surface area contributed by atoms with Gasteiger partial charge >= 0.3 is 0 Å². The molecule has 0 aromatic carbocycles. The van der Waals surface area contributed by atoms with Gasteiger partial charge in [-0.1, -0.05) is 0 Å². The lowest BCUT2D eigenvalue weighted by Gasteiger charge is -2.29. The summed E-state index contributed by atoms with van der Waals surface area (Å²) in [7, 11) is 1.64. The predicted octanol–water partition coefficient (Wildman–Crippen LogP) is -0.291. The Morgan fingerprint density at radius 3 is 2.60 bits per heavy atom. The molecule has 0 radical (unpaired) electrons. The number of ether oxygens (including phenoxy) is 3. The standard InChI is InChI=1S/C14H30N2O4/c1-12(9-16-4-6-19-7-5-16)15-8-14(17)11-20-13(2)10-18-3/h12-15,17H,4-11H2,1-3H3. The second kappa shape index (κ2) is 10.5. The Balaban J connectivity index is 2.05. The molecule has 1 heterocycles. The van der Waals surface area contributed by atoms with Gasteiger partial charge in [0.25, 0.3) is 0 Å². The Hall–Kier alpha value is -0.240. The van der Waals surface area contributed by atoms with Crippen molar-refractivity contribution >= 4 is 0 Å². The molecule has 0 spiro atoms. The average Bonchev–Trinajstić information content (AvgIpc) is 2.44. The zero-order valence-corrected chi connectivity index (χ0v) is 13.0. The van der Waals surface area contributed by atoms with Gasteiger partial charge in [0.1, 0.15) is 0 Å². The van der Waals surface area contributed by atoms with E-state index < -0.39 is 6.10 Å². The second-order valence-electron chi connectivity index (χ2n) is 5.48. The van der Waals surface area contributed by atoms with Crippen LogP contribution in [0.3, 0.4) is 0 Å². The molecule has 1 saturated heterocycles. The highest BCUT2D eigenvalue weighted by molar-refractivity contribution is 4.71. The minimum atomic E-state index is -0.485. The maximum atomic E-state index is 9.86. The Morgan fingerprint density at radius 2 is 1.95 bits per heavy atom. The highest BCUT2D eigenvalue weighted by Crippen LogP contribution is 1.99. The van der Waals surface area contributed by atoms with Crippen LogP contribution < -0.4 is 5.32 Å². The summed E-state index contributed by atoms with van der Waals surface area (Å²) in [5.41, 5.74) is 0. The van der Waals surface area contributed by atoms with Crippen molar-refractivity contribution in [2.24, 2.45) is 0 Å². The van der Waals surface area contributed by atoms with Crippen LogP contribution in [0.5, 0.6) is 0 Å². The molecule has 3 unspecified atom stereocenters. The molecule has 1 aliphatic heterocycles. The molecule has 6 heteroatoms. The molecule has 1 fully saturated rings. The molecule has 20 heavy (non-hydrogen) atoms. The molecule has 0 aliphatic carbocycles. The number of aliphatic hydroxyl groups excluding tert-OH is 1. The van der Waals surface area contributed by atoms with Crippen molar-refractivity contribution < 1.29 is 19.3 Å². The summed E-state index contributed by atoms with van der Waals surface area (Å²) in [4.78, 5) is 2.38. The molecule has 3 atom stereocenters. The molecule has 0 aromatic rings. The number of methoxy groups -OCH3 is 1. The van der Waals surface area contributed by atoms with Crippen molar-refractivity contribution in [3.63, 3.8) is 0 Å². The lowest BCUT2D eigenvalue weighted by molar-refractivity contribution is -0.0319. The Kier molecular flexibility index (Phi) is 9.33. The third-order valence-electron chi connectivity index (χ3n) is 3.31. The zero-order chi connectivity index (χ0) is 14.8. The van der Waals surface area contributed by atoms with Gasteiger partial charge in [0.2, 0.25) is 0 Å². The third kappa shape index (κ3) is 8.14. The van der Waals surface area contributed by atoms with Crippen LogP contribution in [0.15, 0.2) is 0 Å². The maximum Gasteiger partial charge on any atom is 0.0897 e. The first kappa shape index (κ1) is 17.8. The van der Waals surface area contributed by atoms with Crippen molar-refractivity contribution in [2.45, 2.75) is 32.1 Å². The van der Waals surface area contributed by atoms with E-state index in [1.165, 1.54) is 0 Å². The van der Waals surface area contributed by atoms with E-state index in [0.717, 1.165) is 32.8 Å². The molecular weight excluding hydrogens is 260 g/mol. The summed E-state index contributed by atoms with van der Waals surface area (Å²) in [5.74, 6) is 0. The van der Waals surface area contributed by atoms with Crippen LogP contribution in [-0.4, -0.2) is 88.0 Å². The van der Waals surface area contributed by atoms with E-state index >= 15 is 0 Å². The van der Waals surface area contributed by atoms with Crippen LogP contribution in [0.2, 0.25) is 0 Å². The number of aliphatic hydroxyl groups is 1. The molecule has 2 N–H and O–H groups in total. The fourth-order valence-corrected chi connectivity index (χ4v) is 2.19. The topological polar surface area (TPSA) is 63.2 Å². The maximum absolute atomic E-state index is 9.86. The van der Waals surface area contributed by atoms with Crippen LogP contribution >= 0.6 is 0 Å². The Morgan fingerprint density at radius 1 is 1.25 bits per heavy atom. The summed E-state index contributed by atoms with van der Waals surface area (Å²) in [5, 5.41) is 13.2. The first-order valence-electron chi connectivity index (χ1n) is 7.44. The SMILES string of the molecule is COCC(C)OCC(O)CNC(C)CN1CCOCC1. The van der Waals surface area contributed by atoms with Crippen LogP contribution in [0.1, 0.15) is 13.8 Å². The van der Waals surface area contributed by atoms with E-state index in [4.69, 9.17) is 14.2 Å². The zero-order valence-electron chi connectivity index (χ0n) is 13.0. The monoisotopic (exact) mass is 290 g/mol. The number of nitrogens with one attached hydrogen (secondary N) is 1. The van der Waals surface area contributed by atoms with E-state index in [9.17, 15) is 5.11 Å². The summed E-state index contributed by atoms with van der Waals surface area (Å²) < 4.78 is 15.8. The predicted molar refractivity (Wildman–Crippen MR) is 78.0 cm³/mol. The summed E-state index contributed by atoms with van der Waals surface area (Å²) in [6.45, 7) is 10.1. The molecule has 0 amide bonds. The highest BCUT2D eigenvalue weighted by Gasteiger charge is 2.14. The van der Waals surface area contributed by atoms with E-state index in [-0.39, 0.29) is 6.10 Å². The largest absolute Gasteiger partial charge is 0.389 e. The van der Waals surface area contributed by atoms with E-state index in [0.29, 0.717) is 25.8 Å². The molecule has 120 valence electrons. The van der Waals surface area contributed by atoms with Gasteiger partial charge in [0, 0.05) is 39.3 Å². The van der Waals surface area contributed by atoms with Gasteiger partial charge in [-0.25, -0.2) is 0 Å². The van der Waals surface area contributed by atoms with Crippen molar-refractivity contribution in [1.29, 1.82) is 0 Å². The van der Waals surface area contributed by atoms with Gasteiger partial charge in [0.15, 0.2) is 0 Å². The lowest BCUT2D eigenvalue weighted by Crippen LogP contribution is -2.46. The number of morpholine rings is 1. The Bertz CT molecular complexity index is 237. The minimum Gasteiger partial charge on any atom is -0.389 e. The van der Waals surface area contributed by atoms with E-state index in [1.807, 2.05) is 6.92 Å². The fourth-order valence-electron chi connectivity index (χ4n) is 2.19. The second-order valence-corrected chi connectivity index (χ2v) is 5.48. The first-order valence-corrected chi connectivity index (χ1v) is 7.44. The summed E-state index contributed by atoms with van der Waals surface area (Å²) in [6, 6.07) is 0.346. The van der Waals surface area contributed by atoms with Crippen molar-refractivity contribution in [1.82, 2.24) is 10.2 Å². The van der Waals surface area contributed by atoms with Crippen molar-refractivity contribution in [3.8, 4) is 0 Å². The quantitative estimate of drug-likeness (QED) is 0.576. The van der Waals surface area contributed by atoms with Crippen LogP contribution in [0, 0.1) is 0 Å². The van der Waals surface area contributed by atoms with Gasteiger partial charge in [-0.15, -0.1) is 0 Å². The molecular formula is C14H30N2O4. The number of rotatable bonds is 10. The molecule has 1 aliphatic rings. The normalized spacial score (nSPS) is 21.6. The van der Waals surface area contributed by atoms with E-state index in [2.05, 4.69) is 17.1 Å². The number of nitrogens with zero attached hydrogens (tertiary/aromatic N) is 1. The van der Waals surface area contributed by atoms with Crippen LogP contribution in [0.25, 0.3) is 0 Å². The van der Waals surface area contributed by atoms with Gasteiger partial charge < -0.3 is 24.6 Å². The van der Waals surface area contributed by atoms with Gasteiger partial charge in [-0.05, 0) is 13.8 Å². The lowest BCUT2D eigenvalue weighted by atomic mass is 10.2. The Labute approximate surface area is 122 Å². The number of hydrogen-bond acceptors (Lipinski definition) is 6. The van der Waals surface area contributed by atoms with E-state index in [1.54, 1.807) is 7.11 Å². The van der Waals surface area contributed by atoms with Crippen molar-refractivity contribution in [3.05, 3.63) is 0 Å². The molecule has 0 saturated carbocycles. The molecule has 6 nitrogen and oxygen atoms in total. The summed E-state index contributed by atoms with van der Waals surface area (Å²) in [6.07, 6.45) is -0.470. The fraction of sp³-hybridized carbons (Fsp3) is 1.00.